The highest BCUT2D eigenvalue weighted by atomic mass is 16.5. The third kappa shape index (κ3) is 11.3. The number of anilines is 1. The maximum atomic E-state index is 14.7. The van der Waals surface area contributed by atoms with Crippen LogP contribution in [-0.2, 0) is 48.2 Å². The molecule has 71 heavy (non-hydrogen) atoms. The molecule has 1 aliphatic carbocycles. The number of carbonyl (C=O) groups is 8. The van der Waals surface area contributed by atoms with Crippen LogP contribution in [0, 0.1) is 11.3 Å². The standard InChI is InChI=1S/C54H68N8O9/c1-32(55-5)47(64)59-46(54(2,3)4)53(70)61-31-36-28-38(18-16-35(36)29-44(61)50(67)57-42-15-11-13-33-12-7-8-14-39(33)42)71-27-10-6-9-24-56-48(65)34-22-25-60(26-23-34)37-17-19-40-41(30-37)52(69)62(51(40)68)43-20-21-45(63)58-49(43)66/h7-8,12,14,16-19,28,30,32,34,42-44,46,55H,6,9-11,13,15,20-27,29,31H2,1-5H3,(H,56,65)(H,57,67)(H,59,64)(H,58,63,66)/t32-,42+,43?,44-,46+/m0/s1. The highest BCUT2D eigenvalue weighted by Gasteiger charge is 2.46. The number of nitrogens with one attached hydrogen (secondary N) is 5. The number of hydrogen-bond acceptors (Lipinski definition) is 11. The fourth-order valence-corrected chi connectivity index (χ4v) is 10.5. The summed E-state index contributed by atoms with van der Waals surface area (Å²) in [6, 6.07) is 15.7. The van der Waals surface area contributed by atoms with E-state index in [2.05, 4.69) is 43.6 Å². The number of hydrogen-bond donors (Lipinski definition) is 5. The normalized spacial score (nSPS) is 21.1. The first-order valence-corrected chi connectivity index (χ1v) is 25.3. The number of ether oxygens (including phenoxy) is 1. The number of unbranched alkanes of at least 4 members (excludes halogenated alkanes) is 2. The Morgan fingerprint density at radius 1 is 0.817 bits per heavy atom. The Kier molecular flexibility index (Phi) is 15.6. The number of nitrogens with zero attached hydrogens (tertiary/aromatic N) is 3. The third-order valence-corrected chi connectivity index (χ3v) is 14.8. The highest BCUT2D eigenvalue weighted by Crippen LogP contribution is 2.35. The monoisotopic (exact) mass is 973 g/mol. The second-order valence-electron chi connectivity index (χ2n) is 20.7. The lowest BCUT2D eigenvalue weighted by Crippen LogP contribution is -2.62. The highest BCUT2D eigenvalue weighted by molar-refractivity contribution is 6.23. The van der Waals surface area contributed by atoms with Gasteiger partial charge in [0, 0.05) is 50.6 Å². The van der Waals surface area contributed by atoms with Gasteiger partial charge in [0.2, 0.25) is 35.4 Å². The quantitative estimate of drug-likeness (QED) is 0.101. The number of amides is 8. The van der Waals surface area contributed by atoms with Crippen LogP contribution in [0.15, 0.2) is 60.7 Å². The zero-order valence-corrected chi connectivity index (χ0v) is 41.6. The minimum Gasteiger partial charge on any atom is -0.494 e. The number of fused-ring (bicyclic) bond motifs is 3. The van der Waals surface area contributed by atoms with Crippen molar-refractivity contribution >= 4 is 52.9 Å². The van der Waals surface area contributed by atoms with Gasteiger partial charge in [-0.05, 0) is 130 Å². The molecular formula is C54H68N8O9. The Hall–Kier alpha value is -6.62. The Bertz CT molecular complexity index is 2570. The molecule has 5 aliphatic rings. The fraction of sp³-hybridized carbons (Fsp3) is 0.519. The van der Waals surface area contributed by atoms with E-state index in [4.69, 9.17) is 4.74 Å². The van der Waals surface area contributed by atoms with Crippen molar-refractivity contribution in [1.82, 2.24) is 36.4 Å². The maximum absolute atomic E-state index is 14.7. The van der Waals surface area contributed by atoms with Gasteiger partial charge in [-0.3, -0.25) is 48.6 Å². The summed E-state index contributed by atoms with van der Waals surface area (Å²) in [7, 11) is 1.69. The molecule has 8 rings (SSSR count). The van der Waals surface area contributed by atoms with Gasteiger partial charge in [-0.2, -0.15) is 0 Å². The molecule has 4 heterocycles. The van der Waals surface area contributed by atoms with Crippen LogP contribution in [0.2, 0.25) is 0 Å². The van der Waals surface area contributed by atoms with Crippen LogP contribution in [0.4, 0.5) is 5.69 Å². The van der Waals surface area contributed by atoms with Gasteiger partial charge in [-0.15, -0.1) is 0 Å². The van der Waals surface area contributed by atoms with Crippen molar-refractivity contribution in [2.24, 2.45) is 11.3 Å². The molecule has 2 saturated heterocycles. The van der Waals surface area contributed by atoms with Crippen LogP contribution in [0.1, 0.15) is 134 Å². The lowest BCUT2D eigenvalue weighted by molar-refractivity contribution is -0.147. The van der Waals surface area contributed by atoms with E-state index in [0.29, 0.717) is 51.3 Å². The summed E-state index contributed by atoms with van der Waals surface area (Å²) in [4.78, 5) is 111. The number of carbonyl (C=O) groups excluding carboxylic acids is 8. The molecule has 3 aromatic carbocycles. The second kappa shape index (κ2) is 21.8. The maximum Gasteiger partial charge on any atom is 0.262 e. The molecule has 0 bridgehead atoms. The summed E-state index contributed by atoms with van der Waals surface area (Å²) in [6.45, 7) is 9.85. The van der Waals surface area contributed by atoms with Gasteiger partial charge in [0.15, 0.2) is 0 Å². The number of piperidine rings is 2. The average molecular weight is 973 g/mol. The summed E-state index contributed by atoms with van der Waals surface area (Å²) in [6.07, 6.45) is 6.84. The van der Waals surface area contributed by atoms with Gasteiger partial charge in [0.1, 0.15) is 23.9 Å². The first-order valence-electron chi connectivity index (χ1n) is 25.3. The molecule has 0 radical (unpaired) electrons. The Labute approximate surface area is 415 Å². The number of benzene rings is 3. The van der Waals surface area contributed by atoms with Crippen molar-refractivity contribution in [2.45, 2.75) is 135 Å². The molecule has 8 amide bonds. The average Bonchev–Trinajstić information content (AvgIpc) is 3.61. The molecule has 0 saturated carbocycles. The van der Waals surface area contributed by atoms with Gasteiger partial charge in [0.25, 0.3) is 11.8 Å². The summed E-state index contributed by atoms with van der Waals surface area (Å²) in [5, 5.41) is 14.6. The molecule has 4 aliphatic heterocycles. The van der Waals surface area contributed by atoms with E-state index < -0.39 is 53.2 Å². The van der Waals surface area contributed by atoms with Crippen molar-refractivity contribution in [2.75, 3.05) is 38.2 Å². The van der Waals surface area contributed by atoms with Crippen LogP contribution in [0.25, 0.3) is 0 Å². The molecule has 5 atom stereocenters. The smallest absolute Gasteiger partial charge is 0.262 e. The summed E-state index contributed by atoms with van der Waals surface area (Å²) < 4.78 is 6.21. The molecule has 0 aromatic heterocycles. The van der Waals surface area contributed by atoms with Crippen molar-refractivity contribution in [1.29, 1.82) is 0 Å². The van der Waals surface area contributed by atoms with E-state index in [0.717, 1.165) is 65.8 Å². The topological polar surface area (TPSA) is 216 Å². The van der Waals surface area contributed by atoms with Crippen LogP contribution < -0.4 is 36.2 Å². The van der Waals surface area contributed by atoms with E-state index >= 15 is 0 Å². The Balaban J connectivity index is 0.810. The van der Waals surface area contributed by atoms with Crippen LogP contribution >= 0.6 is 0 Å². The molecule has 378 valence electrons. The van der Waals surface area contributed by atoms with Crippen molar-refractivity contribution in [3.63, 3.8) is 0 Å². The van der Waals surface area contributed by atoms with E-state index in [1.807, 2.05) is 51.1 Å². The van der Waals surface area contributed by atoms with Gasteiger partial charge >= 0.3 is 0 Å². The van der Waals surface area contributed by atoms with E-state index in [1.165, 1.54) is 5.56 Å². The number of aryl methyl sites for hydroxylation is 1. The lowest BCUT2D eigenvalue weighted by Gasteiger charge is -2.41. The third-order valence-electron chi connectivity index (χ3n) is 14.8. The van der Waals surface area contributed by atoms with Crippen LogP contribution in [0.3, 0.4) is 0 Å². The molecule has 2 fully saturated rings. The van der Waals surface area contributed by atoms with Crippen LogP contribution in [-0.4, -0.2) is 115 Å². The first-order chi connectivity index (χ1) is 34.0. The second-order valence-corrected chi connectivity index (χ2v) is 20.7. The predicted octanol–water partition coefficient (Wildman–Crippen LogP) is 4.26. The summed E-state index contributed by atoms with van der Waals surface area (Å²) in [5.41, 5.74) is 4.77. The minimum atomic E-state index is -1.02. The Morgan fingerprint density at radius 2 is 1.58 bits per heavy atom. The molecular weight excluding hydrogens is 905 g/mol. The van der Waals surface area contributed by atoms with Crippen molar-refractivity contribution < 1.29 is 43.1 Å². The summed E-state index contributed by atoms with van der Waals surface area (Å²) in [5.74, 6) is -2.46. The molecule has 17 heteroatoms. The fourth-order valence-electron chi connectivity index (χ4n) is 10.5. The Morgan fingerprint density at radius 3 is 2.32 bits per heavy atom. The van der Waals surface area contributed by atoms with Crippen LogP contribution in [0.5, 0.6) is 5.75 Å². The number of imide groups is 2. The molecule has 17 nitrogen and oxygen atoms in total. The van der Waals surface area contributed by atoms with E-state index in [1.54, 1.807) is 37.1 Å². The van der Waals surface area contributed by atoms with Gasteiger partial charge < -0.3 is 35.8 Å². The summed E-state index contributed by atoms with van der Waals surface area (Å²) >= 11 is 0. The zero-order valence-electron chi connectivity index (χ0n) is 41.6. The SMILES string of the molecule is CN[C@@H](C)C(=O)N[C@H](C(=O)N1Cc2cc(OCCCCCNC(=O)C3CCN(c4ccc5c(c4)C(=O)N(C4CCC(=O)NC4=O)C5=O)CC3)ccc2C[C@H]1C(=O)N[C@@H]1CCCc2ccccc21)C(C)(C)C. The molecule has 3 aromatic rings. The van der Waals surface area contributed by atoms with Gasteiger partial charge in [-0.1, -0.05) is 51.1 Å². The largest absolute Gasteiger partial charge is 0.494 e. The first kappa shape index (κ1) is 50.8. The number of rotatable bonds is 16. The van der Waals surface area contributed by atoms with E-state index in [9.17, 15) is 38.4 Å². The van der Waals surface area contributed by atoms with Gasteiger partial charge in [-0.25, -0.2) is 0 Å². The minimum absolute atomic E-state index is 0.0138. The zero-order chi connectivity index (χ0) is 50.6. The molecule has 0 spiro atoms. The van der Waals surface area contributed by atoms with Crippen molar-refractivity contribution in [3.05, 3.63) is 94.0 Å². The van der Waals surface area contributed by atoms with E-state index in [-0.39, 0.29) is 66.1 Å². The number of likely N-dealkylation sites (N-methyl/N-ethyl adjacent to an activating group) is 1. The molecule has 1 unspecified atom stereocenters. The molecule has 5 N–H and O–H groups in total. The van der Waals surface area contributed by atoms with Crippen molar-refractivity contribution in [3.8, 4) is 5.75 Å². The lowest BCUT2D eigenvalue weighted by atomic mass is 9.83. The van der Waals surface area contributed by atoms with Gasteiger partial charge in [0.05, 0.1) is 29.8 Å². The predicted molar refractivity (Wildman–Crippen MR) is 265 cm³/mol.